The van der Waals surface area contributed by atoms with Crippen molar-refractivity contribution in [2.45, 2.75) is 70.4 Å². The van der Waals surface area contributed by atoms with Crippen molar-refractivity contribution < 1.29 is 9.59 Å². The lowest BCUT2D eigenvalue weighted by Crippen LogP contribution is -2.37. The molecule has 2 aromatic rings. The van der Waals surface area contributed by atoms with E-state index >= 15 is 0 Å². The Morgan fingerprint density at radius 2 is 1.45 bits per heavy atom. The largest absolute Gasteiger partial charge is 0.353 e. The first-order valence-electron chi connectivity index (χ1n) is 11.7. The van der Waals surface area contributed by atoms with Gasteiger partial charge in [-0.05, 0) is 35.6 Å². The summed E-state index contributed by atoms with van der Waals surface area (Å²) in [6.45, 7) is 0.514. The molecule has 162 valence electrons. The Kier molecular flexibility index (Phi) is 7.18. The second-order valence-corrected chi connectivity index (χ2v) is 8.68. The number of nitrogens with zero attached hydrogens (tertiary/aromatic N) is 1. The minimum atomic E-state index is -0.00892. The van der Waals surface area contributed by atoms with E-state index in [4.69, 9.17) is 0 Å². The molecule has 1 aliphatic heterocycles. The molecule has 0 atom stereocenters. The summed E-state index contributed by atoms with van der Waals surface area (Å²) in [6.07, 6.45) is 12.9. The highest BCUT2D eigenvalue weighted by atomic mass is 16.2. The maximum atomic E-state index is 13.3. The average Bonchev–Trinajstić information content (AvgIpc) is 2.75. The number of hydrogen-bond donors (Lipinski definition) is 1. The van der Waals surface area contributed by atoms with E-state index in [1.54, 1.807) is 0 Å². The summed E-state index contributed by atoms with van der Waals surface area (Å²) < 4.78 is 0. The van der Waals surface area contributed by atoms with Crippen LogP contribution in [0, 0.1) is 0 Å². The van der Waals surface area contributed by atoms with E-state index in [1.807, 2.05) is 41.3 Å². The predicted molar refractivity (Wildman–Crippen MR) is 126 cm³/mol. The maximum Gasteiger partial charge on any atom is 0.227 e. The molecular weight excluding hydrogens is 384 g/mol. The molecule has 2 amide bonds. The number of carbonyl (C=O) groups is 2. The van der Waals surface area contributed by atoms with Gasteiger partial charge in [0.2, 0.25) is 11.8 Å². The van der Waals surface area contributed by atoms with Gasteiger partial charge in [-0.2, -0.15) is 0 Å². The highest BCUT2D eigenvalue weighted by Crippen LogP contribution is 2.29. The Labute approximate surface area is 185 Å². The van der Waals surface area contributed by atoms with E-state index in [0.29, 0.717) is 6.54 Å². The van der Waals surface area contributed by atoms with Crippen molar-refractivity contribution in [3.63, 3.8) is 0 Å². The summed E-state index contributed by atoms with van der Waals surface area (Å²) in [4.78, 5) is 27.7. The average molecular weight is 417 g/mol. The SMILES string of the molecule is O=C(CCC(=O)N1Cc2ccccc2/C=C\c2ccccc21)NC1CCCCCCC1. The van der Waals surface area contributed by atoms with Crippen LogP contribution in [0.15, 0.2) is 48.5 Å². The summed E-state index contributed by atoms with van der Waals surface area (Å²) in [5.74, 6) is -0.00934. The molecule has 0 unspecified atom stereocenters. The van der Waals surface area contributed by atoms with Gasteiger partial charge < -0.3 is 10.2 Å². The lowest BCUT2D eigenvalue weighted by atomic mass is 9.96. The zero-order chi connectivity index (χ0) is 21.5. The number of amides is 2. The fourth-order valence-corrected chi connectivity index (χ4v) is 4.63. The quantitative estimate of drug-likeness (QED) is 0.694. The van der Waals surface area contributed by atoms with Crippen LogP contribution < -0.4 is 10.2 Å². The summed E-state index contributed by atoms with van der Waals surface area (Å²) in [7, 11) is 0. The van der Waals surface area contributed by atoms with Crippen molar-refractivity contribution in [1.82, 2.24) is 5.32 Å². The molecule has 2 aliphatic rings. The molecule has 1 saturated carbocycles. The van der Waals surface area contributed by atoms with Gasteiger partial charge in [0.15, 0.2) is 0 Å². The minimum Gasteiger partial charge on any atom is -0.353 e. The molecule has 1 heterocycles. The van der Waals surface area contributed by atoms with Crippen molar-refractivity contribution in [3.8, 4) is 0 Å². The summed E-state index contributed by atoms with van der Waals surface area (Å²) in [5, 5.41) is 3.18. The number of carbonyl (C=O) groups excluding carboxylic acids is 2. The van der Waals surface area contributed by atoms with Gasteiger partial charge in [-0.15, -0.1) is 0 Å². The molecule has 4 heteroatoms. The number of fused-ring (bicyclic) bond motifs is 2. The third-order valence-electron chi connectivity index (χ3n) is 6.39. The molecule has 1 N–H and O–H groups in total. The van der Waals surface area contributed by atoms with Crippen molar-refractivity contribution in [3.05, 3.63) is 65.2 Å². The lowest BCUT2D eigenvalue weighted by Gasteiger charge is -2.27. The normalized spacial score (nSPS) is 17.9. The Bertz CT molecular complexity index is 942. The second kappa shape index (κ2) is 10.4. The van der Waals surface area contributed by atoms with Gasteiger partial charge in [-0.3, -0.25) is 9.59 Å². The smallest absolute Gasteiger partial charge is 0.227 e. The predicted octanol–water partition coefficient (Wildman–Crippen LogP) is 5.71. The molecule has 0 bridgehead atoms. The van der Waals surface area contributed by atoms with E-state index in [-0.39, 0.29) is 30.7 Å². The number of benzene rings is 2. The third kappa shape index (κ3) is 5.63. The molecular formula is C27H32N2O2. The molecule has 4 rings (SSSR count). The first-order valence-corrected chi connectivity index (χ1v) is 11.7. The van der Waals surface area contributed by atoms with Crippen LogP contribution in [0.3, 0.4) is 0 Å². The standard InChI is InChI=1S/C27H32N2O2/c30-26(28-24-13-4-2-1-3-5-14-24)18-19-27(31)29-20-23-12-7-6-10-21(23)16-17-22-11-8-9-15-25(22)29/h6-12,15-17,24H,1-5,13-14,18-20H2,(H,28,30)/b17-16-. The number of para-hydroxylation sites is 1. The number of hydrogen-bond acceptors (Lipinski definition) is 2. The Balaban J connectivity index is 1.43. The van der Waals surface area contributed by atoms with Crippen LogP contribution in [-0.4, -0.2) is 17.9 Å². The van der Waals surface area contributed by atoms with Gasteiger partial charge in [0, 0.05) is 18.9 Å². The molecule has 0 spiro atoms. The van der Waals surface area contributed by atoms with E-state index in [2.05, 4.69) is 29.6 Å². The third-order valence-corrected chi connectivity index (χ3v) is 6.39. The molecule has 0 saturated heterocycles. The summed E-state index contributed by atoms with van der Waals surface area (Å²) in [5.41, 5.74) is 4.15. The van der Waals surface area contributed by atoms with E-state index in [0.717, 1.165) is 35.2 Å². The van der Waals surface area contributed by atoms with Crippen LogP contribution in [0.5, 0.6) is 0 Å². The molecule has 2 aromatic carbocycles. The van der Waals surface area contributed by atoms with Crippen LogP contribution in [0.2, 0.25) is 0 Å². The highest BCUT2D eigenvalue weighted by molar-refractivity contribution is 5.98. The second-order valence-electron chi connectivity index (χ2n) is 8.68. The minimum absolute atomic E-state index is 0.000418. The van der Waals surface area contributed by atoms with Gasteiger partial charge in [-0.25, -0.2) is 0 Å². The Morgan fingerprint density at radius 3 is 2.26 bits per heavy atom. The first kappa shape index (κ1) is 21.4. The zero-order valence-corrected chi connectivity index (χ0v) is 18.2. The van der Waals surface area contributed by atoms with E-state index in [1.165, 1.54) is 32.1 Å². The molecule has 31 heavy (non-hydrogen) atoms. The van der Waals surface area contributed by atoms with Gasteiger partial charge in [0.1, 0.15) is 0 Å². The van der Waals surface area contributed by atoms with Crippen molar-refractivity contribution >= 4 is 29.7 Å². The van der Waals surface area contributed by atoms with Crippen LogP contribution >= 0.6 is 0 Å². The molecule has 4 nitrogen and oxygen atoms in total. The Morgan fingerprint density at radius 1 is 0.806 bits per heavy atom. The van der Waals surface area contributed by atoms with Gasteiger partial charge >= 0.3 is 0 Å². The Hall–Kier alpha value is -2.88. The van der Waals surface area contributed by atoms with E-state index < -0.39 is 0 Å². The van der Waals surface area contributed by atoms with Gasteiger partial charge in [0.25, 0.3) is 0 Å². The molecule has 1 aliphatic carbocycles. The van der Waals surface area contributed by atoms with Crippen LogP contribution in [0.25, 0.3) is 12.2 Å². The first-order chi connectivity index (χ1) is 15.2. The molecule has 0 aromatic heterocycles. The lowest BCUT2D eigenvalue weighted by molar-refractivity contribution is -0.125. The van der Waals surface area contributed by atoms with Gasteiger partial charge in [-0.1, -0.05) is 86.7 Å². The van der Waals surface area contributed by atoms with Crippen molar-refractivity contribution in [1.29, 1.82) is 0 Å². The van der Waals surface area contributed by atoms with Crippen LogP contribution in [0.1, 0.15) is 74.5 Å². The molecule has 1 fully saturated rings. The van der Waals surface area contributed by atoms with Crippen molar-refractivity contribution in [2.24, 2.45) is 0 Å². The fraction of sp³-hybridized carbons (Fsp3) is 0.407. The van der Waals surface area contributed by atoms with Gasteiger partial charge in [0.05, 0.1) is 12.2 Å². The van der Waals surface area contributed by atoms with Crippen LogP contribution in [-0.2, 0) is 16.1 Å². The summed E-state index contributed by atoms with van der Waals surface area (Å²) in [6, 6.07) is 16.4. The molecule has 0 radical (unpaired) electrons. The van der Waals surface area contributed by atoms with Crippen molar-refractivity contribution in [2.75, 3.05) is 4.90 Å². The maximum absolute atomic E-state index is 13.3. The number of anilines is 1. The number of rotatable bonds is 4. The van der Waals surface area contributed by atoms with E-state index in [9.17, 15) is 9.59 Å². The van der Waals surface area contributed by atoms with Crippen LogP contribution in [0.4, 0.5) is 5.69 Å². The summed E-state index contributed by atoms with van der Waals surface area (Å²) >= 11 is 0. The topological polar surface area (TPSA) is 49.4 Å². The number of nitrogens with one attached hydrogen (secondary N) is 1. The highest BCUT2D eigenvalue weighted by Gasteiger charge is 2.22. The monoisotopic (exact) mass is 416 g/mol. The zero-order valence-electron chi connectivity index (χ0n) is 18.2. The fourth-order valence-electron chi connectivity index (χ4n) is 4.63.